The van der Waals surface area contributed by atoms with E-state index in [9.17, 15) is 14.7 Å². The number of benzene rings is 2. The molecule has 0 fully saturated rings. The van der Waals surface area contributed by atoms with Crippen LogP contribution in [0, 0.1) is 6.92 Å². The van der Waals surface area contributed by atoms with Gasteiger partial charge in [-0.2, -0.15) is 0 Å². The number of aromatic nitrogens is 2. The highest BCUT2D eigenvalue weighted by molar-refractivity contribution is 6.09. The fourth-order valence-electron chi connectivity index (χ4n) is 3.23. The normalized spacial score (nSPS) is 10.7. The molecule has 4 aromatic rings. The van der Waals surface area contributed by atoms with Crippen molar-refractivity contribution in [3.05, 3.63) is 88.3 Å². The summed E-state index contributed by atoms with van der Waals surface area (Å²) >= 11 is 0. The highest BCUT2D eigenvalue weighted by atomic mass is 16.5. The SMILES string of the molecule is COc1cccc(-n2c(=O)c(C(=O)Nc3ccc(C)cc3)c(O)c3cccnc32)c1. The first-order chi connectivity index (χ1) is 14.5. The summed E-state index contributed by atoms with van der Waals surface area (Å²) in [7, 11) is 1.52. The van der Waals surface area contributed by atoms with Gasteiger partial charge >= 0.3 is 0 Å². The summed E-state index contributed by atoms with van der Waals surface area (Å²) in [5, 5.41) is 13.7. The number of rotatable bonds is 4. The third-order valence-electron chi connectivity index (χ3n) is 4.76. The number of hydrogen-bond acceptors (Lipinski definition) is 5. The molecule has 0 saturated heterocycles. The third kappa shape index (κ3) is 3.37. The van der Waals surface area contributed by atoms with Crippen molar-refractivity contribution in [2.24, 2.45) is 0 Å². The Bertz CT molecular complexity index is 1310. The first-order valence-corrected chi connectivity index (χ1v) is 9.24. The van der Waals surface area contributed by atoms with Crippen LogP contribution >= 0.6 is 0 Å². The molecule has 2 N–H and O–H groups in total. The molecule has 0 aliphatic carbocycles. The molecule has 0 spiro atoms. The number of carbonyl (C=O) groups excluding carboxylic acids is 1. The summed E-state index contributed by atoms with van der Waals surface area (Å²) in [6.45, 7) is 1.93. The van der Waals surface area contributed by atoms with Gasteiger partial charge in [0, 0.05) is 18.0 Å². The molecule has 0 radical (unpaired) electrons. The van der Waals surface area contributed by atoms with Crippen LogP contribution in [0.1, 0.15) is 15.9 Å². The predicted octanol–water partition coefficient (Wildman–Crippen LogP) is 3.66. The average Bonchev–Trinajstić information content (AvgIpc) is 2.76. The molecule has 2 aromatic heterocycles. The largest absolute Gasteiger partial charge is 0.506 e. The second-order valence-electron chi connectivity index (χ2n) is 6.76. The average molecular weight is 401 g/mol. The van der Waals surface area contributed by atoms with E-state index >= 15 is 0 Å². The second kappa shape index (κ2) is 7.71. The van der Waals surface area contributed by atoms with Gasteiger partial charge in [-0.25, -0.2) is 4.98 Å². The van der Waals surface area contributed by atoms with Crippen LogP contribution in [0.3, 0.4) is 0 Å². The van der Waals surface area contributed by atoms with Crippen LogP contribution in [0.25, 0.3) is 16.7 Å². The number of anilines is 1. The molecule has 7 heteroatoms. The smallest absolute Gasteiger partial charge is 0.273 e. The molecule has 2 aromatic carbocycles. The van der Waals surface area contributed by atoms with E-state index in [2.05, 4.69) is 10.3 Å². The lowest BCUT2D eigenvalue weighted by molar-refractivity contribution is 0.102. The number of nitrogens with zero attached hydrogens (tertiary/aromatic N) is 2. The Morgan fingerprint density at radius 2 is 1.87 bits per heavy atom. The Morgan fingerprint density at radius 1 is 1.10 bits per heavy atom. The number of ether oxygens (including phenoxy) is 1. The van der Waals surface area contributed by atoms with Crippen LogP contribution < -0.4 is 15.6 Å². The monoisotopic (exact) mass is 401 g/mol. The van der Waals surface area contributed by atoms with E-state index in [0.717, 1.165) is 5.56 Å². The van der Waals surface area contributed by atoms with Gasteiger partial charge in [-0.3, -0.25) is 14.2 Å². The van der Waals surface area contributed by atoms with E-state index in [1.807, 2.05) is 19.1 Å². The van der Waals surface area contributed by atoms with Crippen molar-refractivity contribution in [2.75, 3.05) is 12.4 Å². The topological polar surface area (TPSA) is 93.5 Å². The fourth-order valence-corrected chi connectivity index (χ4v) is 3.23. The highest BCUT2D eigenvalue weighted by Crippen LogP contribution is 2.28. The third-order valence-corrected chi connectivity index (χ3v) is 4.76. The van der Waals surface area contributed by atoms with Crippen LogP contribution in [0.2, 0.25) is 0 Å². The zero-order chi connectivity index (χ0) is 21.3. The van der Waals surface area contributed by atoms with Gasteiger partial charge in [0.05, 0.1) is 18.2 Å². The van der Waals surface area contributed by atoms with Crippen LogP contribution in [0.4, 0.5) is 5.69 Å². The Kier molecular flexibility index (Phi) is 4.93. The Morgan fingerprint density at radius 3 is 2.60 bits per heavy atom. The number of methoxy groups -OCH3 is 1. The lowest BCUT2D eigenvalue weighted by Gasteiger charge is -2.15. The Labute approximate surface area is 172 Å². The first kappa shape index (κ1) is 19.2. The number of amides is 1. The lowest BCUT2D eigenvalue weighted by Crippen LogP contribution is -2.29. The summed E-state index contributed by atoms with van der Waals surface area (Å²) in [5.41, 5.74) is 1.21. The van der Waals surface area contributed by atoms with Crippen molar-refractivity contribution in [3.8, 4) is 17.2 Å². The maximum atomic E-state index is 13.4. The molecule has 7 nitrogen and oxygen atoms in total. The summed E-state index contributed by atoms with van der Waals surface area (Å²) in [5.74, 6) is -0.571. The van der Waals surface area contributed by atoms with Crippen molar-refractivity contribution in [2.45, 2.75) is 6.92 Å². The highest BCUT2D eigenvalue weighted by Gasteiger charge is 2.24. The van der Waals surface area contributed by atoms with E-state index in [1.165, 1.54) is 17.9 Å². The summed E-state index contributed by atoms with van der Waals surface area (Å²) in [6.07, 6.45) is 1.52. The van der Waals surface area contributed by atoms with Gasteiger partial charge in [-0.1, -0.05) is 23.8 Å². The van der Waals surface area contributed by atoms with Crippen LogP contribution in [-0.2, 0) is 0 Å². The zero-order valence-corrected chi connectivity index (χ0v) is 16.4. The Hall–Kier alpha value is -4.13. The zero-order valence-electron chi connectivity index (χ0n) is 16.4. The van der Waals surface area contributed by atoms with Crippen LogP contribution in [0.5, 0.6) is 11.5 Å². The molecule has 30 heavy (non-hydrogen) atoms. The van der Waals surface area contributed by atoms with Gasteiger partial charge in [0.15, 0.2) is 5.65 Å². The molecule has 1 amide bonds. The summed E-state index contributed by atoms with van der Waals surface area (Å²) < 4.78 is 6.55. The molecular weight excluding hydrogens is 382 g/mol. The van der Waals surface area contributed by atoms with Crippen molar-refractivity contribution < 1.29 is 14.6 Å². The molecular formula is C23H19N3O4. The van der Waals surface area contributed by atoms with Crippen LogP contribution in [0.15, 0.2) is 71.7 Å². The quantitative estimate of drug-likeness (QED) is 0.544. The number of pyridine rings is 2. The molecule has 0 aliphatic heterocycles. The number of fused-ring (bicyclic) bond motifs is 1. The molecule has 0 unspecified atom stereocenters. The first-order valence-electron chi connectivity index (χ1n) is 9.24. The van der Waals surface area contributed by atoms with E-state index in [4.69, 9.17) is 4.74 Å². The minimum absolute atomic E-state index is 0.236. The minimum atomic E-state index is -0.705. The molecule has 0 atom stereocenters. The second-order valence-corrected chi connectivity index (χ2v) is 6.76. The number of nitrogens with one attached hydrogen (secondary N) is 1. The summed E-state index contributed by atoms with van der Waals surface area (Å²) in [4.78, 5) is 30.6. The molecule has 4 rings (SSSR count). The molecule has 0 bridgehead atoms. The maximum Gasteiger partial charge on any atom is 0.273 e. The molecule has 0 saturated carbocycles. The van der Waals surface area contributed by atoms with Gasteiger partial charge in [0.1, 0.15) is 17.1 Å². The minimum Gasteiger partial charge on any atom is -0.506 e. The molecule has 0 aliphatic rings. The van der Waals surface area contributed by atoms with Crippen molar-refractivity contribution in [1.82, 2.24) is 9.55 Å². The van der Waals surface area contributed by atoms with E-state index in [1.54, 1.807) is 48.5 Å². The van der Waals surface area contributed by atoms with Gasteiger partial charge in [0.25, 0.3) is 11.5 Å². The molecule has 150 valence electrons. The van der Waals surface area contributed by atoms with E-state index in [-0.39, 0.29) is 16.6 Å². The lowest BCUT2D eigenvalue weighted by atomic mass is 10.1. The number of aryl methyl sites for hydroxylation is 1. The van der Waals surface area contributed by atoms with Crippen molar-refractivity contribution in [3.63, 3.8) is 0 Å². The predicted molar refractivity (Wildman–Crippen MR) is 115 cm³/mol. The summed E-state index contributed by atoms with van der Waals surface area (Å²) in [6, 6.07) is 17.2. The number of hydrogen-bond donors (Lipinski definition) is 2. The number of aromatic hydroxyl groups is 1. The van der Waals surface area contributed by atoms with Gasteiger partial charge in [0.2, 0.25) is 0 Å². The Balaban J connectivity index is 1.93. The fraction of sp³-hybridized carbons (Fsp3) is 0.0870. The van der Waals surface area contributed by atoms with Crippen molar-refractivity contribution >= 4 is 22.6 Å². The van der Waals surface area contributed by atoms with Gasteiger partial charge in [-0.05, 0) is 43.3 Å². The van der Waals surface area contributed by atoms with Crippen LogP contribution in [-0.4, -0.2) is 27.7 Å². The van der Waals surface area contributed by atoms with Crippen molar-refractivity contribution in [1.29, 1.82) is 0 Å². The standard InChI is InChI=1S/C23H19N3O4/c1-14-8-10-15(11-9-14)25-22(28)19-20(27)18-7-4-12-24-21(18)26(23(19)29)16-5-3-6-17(13-16)30-2/h3-13,27H,1-2H3,(H,25,28). The number of carbonyl (C=O) groups is 1. The molecule has 2 heterocycles. The van der Waals surface area contributed by atoms with Gasteiger partial charge < -0.3 is 15.2 Å². The van der Waals surface area contributed by atoms with Gasteiger partial charge in [-0.15, -0.1) is 0 Å². The van der Waals surface area contributed by atoms with E-state index in [0.29, 0.717) is 17.1 Å². The maximum absolute atomic E-state index is 13.4. The van der Waals surface area contributed by atoms with E-state index < -0.39 is 17.2 Å².